The van der Waals surface area contributed by atoms with Gasteiger partial charge in [0.25, 0.3) is 0 Å². The predicted molar refractivity (Wildman–Crippen MR) is 70.9 cm³/mol. The molecule has 0 radical (unpaired) electrons. The molecule has 1 unspecified atom stereocenters. The Labute approximate surface area is 111 Å². The van der Waals surface area contributed by atoms with Crippen molar-refractivity contribution in [2.45, 2.75) is 45.3 Å². The van der Waals surface area contributed by atoms with Crippen LogP contribution in [-0.2, 0) is 11.3 Å². The number of aliphatic hydroxyl groups is 1. The number of methoxy groups -OCH3 is 1. The third-order valence-electron chi connectivity index (χ3n) is 2.74. The molecule has 1 heterocycles. The van der Waals surface area contributed by atoms with Gasteiger partial charge in [-0.05, 0) is 22.4 Å². The zero-order valence-corrected chi connectivity index (χ0v) is 12.1. The second kappa shape index (κ2) is 7.84. The van der Waals surface area contributed by atoms with Crippen molar-refractivity contribution in [2.75, 3.05) is 13.7 Å². The van der Waals surface area contributed by atoms with Crippen LogP contribution in [0.2, 0.25) is 0 Å². The monoisotopic (exact) mass is 304 g/mol. The van der Waals surface area contributed by atoms with E-state index >= 15 is 0 Å². The summed E-state index contributed by atoms with van der Waals surface area (Å²) in [7, 11) is 1.66. The van der Waals surface area contributed by atoms with Crippen molar-refractivity contribution in [3.63, 3.8) is 0 Å². The number of aromatic nitrogens is 2. The molecule has 4 nitrogen and oxygen atoms in total. The van der Waals surface area contributed by atoms with Gasteiger partial charge in [0, 0.05) is 7.11 Å². The zero-order chi connectivity index (χ0) is 12.7. The second-order valence-electron chi connectivity index (χ2n) is 4.11. The van der Waals surface area contributed by atoms with Crippen molar-refractivity contribution in [1.82, 2.24) is 9.78 Å². The summed E-state index contributed by atoms with van der Waals surface area (Å²) >= 11 is 3.43. The van der Waals surface area contributed by atoms with E-state index in [0.29, 0.717) is 13.2 Å². The van der Waals surface area contributed by atoms with Gasteiger partial charge in [0.15, 0.2) is 0 Å². The first-order chi connectivity index (χ1) is 8.20. The first kappa shape index (κ1) is 14.7. The number of hydrogen-bond acceptors (Lipinski definition) is 3. The van der Waals surface area contributed by atoms with Gasteiger partial charge >= 0.3 is 0 Å². The number of halogens is 1. The standard InChI is InChI=1S/C12H21BrN2O2/c1-3-4-5-6-11(16)12-10(13)9-14-15(12)7-8-17-2/h9,11,16H,3-8H2,1-2H3. The minimum Gasteiger partial charge on any atom is -0.387 e. The minimum atomic E-state index is -0.449. The van der Waals surface area contributed by atoms with Crippen LogP contribution in [0, 0.1) is 0 Å². The lowest BCUT2D eigenvalue weighted by Crippen LogP contribution is -2.13. The SMILES string of the molecule is CCCCCC(O)c1c(Br)cnn1CCOC. The first-order valence-electron chi connectivity index (χ1n) is 6.08. The first-order valence-corrected chi connectivity index (χ1v) is 6.88. The smallest absolute Gasteiger partial charge is 0.0968 e. The molecule has 98 valence electrons. The van der Waals surface area contributed by atoms with E-state index < -0.39 is 6.10 Å². The highest BCUT2D eigenvalue weighted by atomic mass is 79.9. The molecule has 0 fully saturated rings. The Bertz CT molecular complexity index is 328. The second-order valence-corrected chi connectivity index (χ2v) is 4.96. The number of rotatable bonds is 8. The number of unbranched alkanes of at least 4 members (excludes halogenated alkanes) is 2. The Kier molecular flexibility index (Phi) is 6.77. The van der Waals surface area contributed by atoms with Crippen molar-refractivity contribution >= 4 is 15.9 Å². The van der Waals surface area contributed by atoms with E-state index in [-0.39, 0.29) is 0 Å². The molecule has 1 aromatic heterocycles. The van der Waals surface area contributed by atoms with E-state index in [1.807, 2.05) is 4.68 Å². The molecule has 1 N–H and O–H groups in total. The fourth-order valence-corrected chi connectivity index (χ4v) is 2.34. The lowest BCUT2D eigenvalue weighted by molar-refractivity contribution is 0.142. The number of hydrogen-bond donors (Lipinski definition) is 1. The molecule has 1 rings (SSSR count). The van der Waals surface area contributed by atoms with Crippen LogP contribution in [0.3, 0.4) is 0 Å². The number of ether oxygens (including phenoxy) is 1. The third kappa shape index (κ3) is 4.41. The van der Waals surface area contributed by atoms with E-state index in [1.54, 1.807) is 13.3 Å². The maximum atomic E-state index is 10.2. The normalized spacial score (nSPS) is 12.9. The fraction of sp³-hybridized carbons (Fsp3) is 0.750. The van der Waals surface area contributed by atoms with Gasteiger partial charge in [-0.1, -0.05) is 26.2 Å². The lowest BCUT2D eigenvalue weighted by Gasteiger charge is -2.13. The van der Waals surface area contributed by atoms with Crippen molar-refractivity contribution < 1.29 is 9.84 Å². The lowest BCUT2D eigenvalue weighted by atomic mass is 10.1. The minimum absolute atomic E-state index is 0.449. The molecule has 0 aromatic carbocycles. The Morgan fingerprint density at radius 3 is 2.94 bits per heavy atom. The predicted octanol–water partition coefficient (Wildman–Crippen LogP) is 2.91. The van der Waals surface area contributed by atoms with Crippen LogP contribution in [0.15, 0.2) is 10.7 Å². The molecule has 0 aliphatic rings. The van der Waals surface area contributed by atoms with Crippen LogP contribution in [0.5, 0.6) is 0 Å². The highest BCUT2D eigenvalue weighted by molar-refractivity contribution is 9.10. The molecule has 0 amide bonds. The molecule has 0 bridgehead atoms. The number of aliphatic hydroxyl groups excluding tert-OH is 1. The van der Waals surface area contributed by atoms with Gasteiger partial charge in [-0.15, -0.1) is 0 Å². The summed E-state index contributed by atoms with van der Waals surface area (Å²) in [6.07, 6.45) is 5.42. The summed E-state index contributed by atoms with van der Waals surface area (Å²) in [4.78, 5) is 0. The summed E-state index contributed by atoms with van der Waals surface area (Å²) in [5, 5.41) is 14.4. The largest absolute Gasteiger partial charge is 0.387 e. The van der Waals surface area contributed by atoms with Gasteiger partial charge in [-0.3, -0.25) is 4.68 Å². The highest BCUT2D eigenvalue weighted by Gasteiger charge is 2.17. The van der Waals surface area contributed by atoms with Gasteiger partial charge in [-0.25, -0.2) is 0 Å². The Hall–Kier alpha value is -0.390. The maximum absolute atomic E-state index is 10.2. The molecule has 1 atom stereocenters. The van der Waals surface area contributed by atoms with E-state index in [9.17, 15) is 5.11 Å². The molecule has 0 saturated carbocycles. The van der Waals surface area contributed by atoms with Crippen molar-refractivity contribution in [2.24, 2.45) is 0 Å². The van der Waals surface area contributed by atoms with E-state index in [1.165, 1.54) is 0 Å². The van der Waals surface area contributed by atoms with Crippen LogP contribution < -0.4 is 0 Å². The Morgan fingerprint density at radius 2 is 2.29 bits per heavy atom. The average molecular weight is 305 g/mol. The molecule has 17 heavy (non-hydrogen) atoms. The maximum Gasteiger partial charge on any atom is 0.0968 e. The highest BCUT2D eigenvalue weighted by Crippen LogP contribution is 2.26. The van der Waals surface area contributed by atoms with E-state index in [2.05, 4.69) is 28.0 Å². The quantitative estimate of drug-likeness (QED) is 0.751. The Balaban J connectivity index is 2.63. The van der Waals surface area contributed by atoms with E-state index in [4.69, 9.17) is 4.74 Å². The molecule has 1 aromatic rings. The van der Waals surface area contributed by atoms with Crippen molar-refractivity contribution in [1.29, 1.82) is 0 Å². The number of nitrogens with zero attached hydrogens (tertiary/aromatic N) is 2. The van der Waals surface area contributed by atoms with Crippen molar-refractivity contribution in [3.05, 3.63) is 16.4 Å². The van der Waals surface area contributed by atoms with Gasteiger partial charge in [0.05, 0.1) is 35.6 Å². The Morgan fingerprint density at radius 1 is 1.53 bits per heavy atom. The zero-order valence-electron chi connectivity index (χ0n) is 10.5. The summed E-state index contributed by atoms with van der Waals surface area (Å²) in [6, 6.07) is 0. The third-order valence-corrected chi connectivity index (χ3v) is 3.35. The summed E-state index contributed by atoms with van der Waals surface area (Å²) in [6.45, 7) is 3.43. The molecule has 5 heteroatoms. The van der Waals surface area contributed by atoms with Crippen LogP contribution in [0.1, 0.15) is 44.4 Å². The van der Waals surface area contributed by atoms with E-state index in [0.717, 1.165) is 35.8 Å². The van der Waals surface area contributed by atoms with Gasteiger partial charge in [-0.2, -0.15) is 5.10 Å². The summed E-state index contributed by atoms with van der Waals surface area (Å²) in [5.74, 6) is 0. The molecule has 0 saturated heterocycles. The van der Waals surface area contributed by atoms with Crippen LogP contribution in [0.4, 0.5) is 0 Å². The van der Waals surface area contributed by atoms with Crippen LogP contribution in [0.25, 0.3) is 0 Å². The van der Waals surface area contributed by atoms with Gasteiger partial charge in [0.1, 0.15) is 0 Å². The molecule has 0 aliphatic carbocycles. The average Bonchev–Trinajstić information content (AvgIpc) is 2.68. The summed E-state index contributed by atoms with van der Waals surface area (Å²) < 4.78 is 7.71. The van der Waals surface area contributed by atoms with Gasteiger partial charge in [0.2, 0.25) is 0 Å². The van der Waals surface area contributed by atoms with Crippen molar-refractivity contribution in [3.8, 4) is 0 Å². The molecule has 0 spiro atoms. The molecular formula is C12H21BrN2O2. The van der Waals surface area contributed by atoms with Crippen LogP contribution in [-0.4, -0.2) is 28.6 Å². The molecule has 0 aliphatic heterocycles. The summed E-state index contributed by atoms with van der Waals surface area (Å²) in [5.41, 5.74) is 0.859. The van der Waals surface area contributed by atoms with Crippen LogP contribution >= 0.6 is 15.9 Å². The van der Waals surface area contributed by atoms with Gasteiger partial charge < -0.3 is 9.84 Å². The fourth-order valence-electron chi connectivity index (χ4n) is 1.78. The molecular weight excluding hydrogens is 284 g/mol. The topological polar surface area (TPSA) is 47.3 Å².